The number of ether oxygens (including phenoxy) is 3. The third-order valence-electron chi connectivity index (χ3n) is 7.29. The number of hydrogen-bond donors (Lipinski definition) is 3. The van der Waals surface area contributed by atoms with Crippen molar-refractivity contribution in [1.82, 2.24) is 15.5 Å². The van der Waals surface area contributed by atoms with Crippen molar-refractivity contribution in [3.8, 4) is 11.5 Å². The van der Waals surface area contributed by atoms with Crippen molar-refractivity contribution in [2.24, 2.45) is 0 Å². The van der Waals surface area contributed by atoms with E-state index in [4.69, 9.17) is 14.2 Å². The van der Waals surface area contributed by atoms with E-state index in [1.54, 1.807) is 7.11 Å². The molecule has 37 heavy (non-hydrogen) atoms. The van der Waals surface area contributed by atoms with Gasteiger partial charge in [-0.2, -0.15) is 0 Å². The highest BCUT2D eigenvalue weighted by atomic mass is 16.6. The molecule has 0 saturated carbocycles. The summed E-state index contributed by atoms with van der Waals surface area (Å²) in [6.45, 7) is 7.82. The number of amides is 3. The molecular formula is C28H41N3O6. The average Bonchev–Trinajstić information content (AvgIpc) is 3.06. The highest BCUT2D eigenvalue weighted by molar-refractivity contribution is 5.75. The molecule has 1 aliphatic carbocycles. The molecule has 1 spiro atoms. The minimum atomic E-state index is -0.532. The molecule has 3 aliphatic rings. The second-order valence-corrected chi connectivity index (χ2v) is 11.2. The summed E-state index contributed by atoms with van der Waals surface area (Å²) in [7, 11) is 1.63. The Morgan fingerprint density at radius 3 is 2.59 bits per heavy atom. The fraction of sp³-hybridized carbons (Fsp3) is 0.643. The van der Waals surface area contributed by atoms with E-state index >= 15 is 0 Å². The van der Waals surface area contributed by atoms with Crippen LogP contribution in [0.2, 0.25) is 0 Å². The van der Waals surface area contributed by atoms with Crippen molar-refractivity contribution >= 4 is 12.1 Å². The summed E-state index contributed by atoms with van der Waals surface area (Å²) in [5, 5.41) is 16.1. The number of nitrogens with zero attached hydrogens (tertiary/aromatic N) is 1. The van der Waals surface area contributed by atoms with Crippen molar-refractivity contribution in [1.29, 1.82) is 0 Å². The summed E-state index contributed by atoms with van der Waals surface area (Å²) in [5.74, 6) is 1.43. The molecule has 1 aromatic carbocycles. The van der Waals surface area contributed by atoms with Crippen LogP contribution in [0.25, 0.3) is 0 Å². The maximum Gasteiger partial charge on any atom is 0.407 e. The first-order valence-corrected chi connectivity index (χ1v) is 13.4. The smallest absolute Gasteiger partial charge is 0.407 e. The zero-order valence-electron chi connectivity index (χ0n) is 22.5. The summed E-state index contributed by atoms with van der Waals surface area (Å²) in [5.41, 5.74) is 1.30. The van der Waals surface area contributed by atoms with Crippen molar-refractivity contribution in [3.05, 3.63) is 35.4 Å². The number of aliphatic hydroxyl groups is 1. The zero-order valence-corrected chi connectivity index (χ0v) is 22.5. The van der Waals surface area contributed by atoms with Gasteiger partial charge in [-0.3, -0.25) is 0 Å². The first-order valence-electron chi connectivity index (χ1n) is 13.4. The lowest BCUT2D eigenvalue weighted by atomic mass is 9.69. The van der Waals surface area contributed by atoms with E-state index < -0.39 is 11.7 Å². The molecule has 2 aliphatic heterocycles. The zero-order chi connectivity index (χ0) is 26.6. The van der Waals surface area contributed by atoms with Gasteiger partial charge in [0.05, 0.1) is 18.6 Å². The maximum atomic E-state index is 13.1. The summed E-state index contributed by atoms with van der Waals surface area (Å²) in [4.78, 5) is 26.6. The molecule has 0 aromatic heterocycles. The molecule has 0 bridgehead atoms. The molecule has 0 fully saturated rings. The minimum Gasteiger partial charge on any atom is -0.493 e. The Labute approximate surface area is 219 Å². The molecule has 4 rings (SSSR count). The number of aliphatic hydroxyl groups excluding tert-OH is 1. The topological polar surface area (TPSA) is 109 Å². The summed E-state index contributed by atoms with van der Waals surface area (Å²) < 4.78 is 17.1. The summed E-state index contributed by atoms with van der Waals surface area (Å²) in [6.07, 6.45) is 7.78. The number of rotatable bonds is 8. The molecule has 3 amide bonds. The molecule has 204 valence electrons. The first kappa shape index (κ1) is 27.1. The largest absolute Gasteiger partial charge is 0.493 e. The van der Waals surface area contributed by atoms with Gasteiger partial charge in [0.15, 0.2) is 11.5 Å². The molecule has 0 radical (unpaired) electrons. The van der Waals surface area contributed by atoms with Gasteiger partial charge in [0.1, 0.15) is 11.7 Å². The number of benzene rings is 1. The lowest BCUT2D eigenvalue weighted by molar-refractivity contribution is 0.0526. The predicted octanol–water partition coefficient (Wildman–Crippen LogP) is 4.02. The number of urea groups is 1. The van der Waals surface area contributed by atoms with Gasteiger partial charge in [-0.1, -0.05) is 31.1 Å². The van der Waals surface area contributed by atoms with Gasteiger partial charge in [-0.15, -0.1) is 0 Å². The molecular weight excluding hydrogens is 474 g/mol. The lowest BCUT2D eigenvalue weighted by Gasteiger charge is -2.35. The fourth-order valence-electron chi connectivity index (χ4n) is 5.52. The van der Waals surface area contributed by atoms with E-state index in [1.165, 1.54) is 0 Å². The van der Waals surface area contributed by atoms with E-state index in [9.17, 15) is 14.7 Å². The monoisotopic (exact) mass is 515 g/mol. The lowest BCUT2D eigenvalue weighted by Crippen LogP contribution is -2.44. The van der Waals surface area contributed by atoms with Crippen LogP contribution in [0.5, 0.6) is 11.5 Å². The Kier molecular flexibility index (Phi) is 8.21. The van der Waals surface area contributed by atoms with Gasteiger partial charge in [0.25, 0.3) is 0 Å². The van der Waals surface area contributed by atoms with Crippen LogP contribution in [0.3, 0.4) is 0 Å². The SMILES string of the molecule is COc1ccc2c3c1O[C@H]1C[C@@H](O)C=CC31CCN(C(=O)NCCCCCCNC(=O)OC(C)(C)C)C2. The van der Waals surface area contributed by atoms with E-state index in [-0.39, 0.29) is 23.6 Å². The Morgan fingerprint density at radius 2 is 1.89 bits per heavy atom. The molecule has 2 heterocycles. The van der Waals surface area contributed by atoms with Gasteiger partial charge in [0, 0.05) is 38.2 Å². The van der Waals surface area contributed by atoms with Crippen LogP contribution >= 0.6 is 0 Å². The van der Waals surface area contributed by atoms with Gasteiger partial charge >= 0.3 is 12.1 Å². The molecule has 9 nitrogen and oxygen atoms in total. The highest BCUT2D eigenvalue weighted by Crippen LogP contribution is 2.55. The van der Waals surface area contributed by atoms with Gasteiger partial charge in [0.2, 0.25) is 0 Å². The number of methoxy groups -OCH3 is 1. The number of carbonyl (C=O) groups is 2. The Bertz CT molecular complexity index is 1020. The minimum absolute atomic E-state index is 0.0650. The van der Waals surface area contributed by atoms with Crippen LogP contribution in [0.15, 0.2) is 24.3 Å². The second kappa shape index (κ2) is 11.2. The van der Waals surface area contributed by atoms with Crippen molar-refractivity contribution in [2.45, 2.75) is 89.1 Å². The van der Waals surface area contributed by atoms with Crippen molar-refractivity contribution in [2.75, 3.05) is 26.7 Å². The van der Waals surface area contributed by atoms with Crippen LogP contribution in [0, 0.1) is 0 Å². The van der Waals surface area contributed by atoms with E-state index in [2.05, 4.69) is 16.7 Å². The summed E-state index contributed by atoms with van der Waals surface area (Å²) >= 11 is 0. The Balaban J connectivity index is 1.26. The fourth-order valence-corrected chi connectivity index (χ4v) is 5.52. The molecule has 0 saturated heterocycles. The number of carbonyl (C=O) groups excluding carboxylic acids is 2. The molecule has 3 N–H and O–H groups in total. The van der Waals surface area contributed by atoms with Gasteiger partial charge < -0.3 is 34.9 Å². The van der Waals surface area contributed by atoms with Crippen LogP contribution in [-0.4, -0.2) is 66.7 Å². The van der Waals surface area contributed by atoms with Crippen LogP contribution in [0.1, 0.15) is 70.4 Å². The standard InChI is InChI=1S/C28H41N3O6/c1-27(2,3)37-26(34)30-15-8-6-5-7-14-29-25(33)31-16-13-28-12-11-20(32)17-22(28)36-24-21(35-4)10-9-19(18-31)23(24)28/h9-12,20,22,32H,5-8,13-18H2,1-4H3,(H,29,33)(H,30,34)/t20-,22-,28?/m0/s1. The third-order valence-corrected chi connectivity index (χ3v) is 7.29. The van der Waals surface area contributed by atoms with Crippen LogP contribution in [0.4, 0.5) is 9.59 Å². The quantitative estimate of drug-likeness (QED) is 0.357. The predicted molar refractivity (Wildman–Crippen MR) is 140 cm³/mol. The maximum absolute atomic E-state index is 13.1. The Hall–Kier alpha value is -2.94. The van der Waals surface area contributed by atoms with Crippen LogP contribution < -0.4 is 20.1 Å². The summed E-state index contributed by atoms with van der Waals surface area (Å²) in [6, 6.07) is 3.86. The van der Waals surface area contributed by atoms with E-state index in [1.807, 2.05) is 43.9 Å². The number of alkyl carbamates (subject to hydrolysis) is 1. The van der Waals surface area contributed by atoms with Crippen LogP contribution in [-0.2, 0) is 16.7 Å². The normalized spacial score (nSPS) is 23.9. The van der Waals surface area contributed by atoms with Crippen molar-refractivity contribution < 1.29 is 28.9 Å². The highest BCUT2D eigenvalue weighted by Gasteiger charge is 2.53. The second-order valence-electron chi connectivity index (χ2n) is 11.2. The number of hydrogen-bond acceptors (Lipinski definition) is 6. The molecule has 1 aromatic rings. The number of nitrogens with one attached hydrogen (secondary N) is 2. The number of unbranched alkanes of at least 4 members (excludes halogenated alkanes) is 3. The Morgan fingerprint density at radius 1 is 1.16 bits per heavy atom. The third kappa shape index (κ3) is 6.14. The van der Waals surface area contributed by atoms with Gasteiger partial charge in [-0.25, -0.2) is 9.59 Å². The first-order chi connectivity index (χ1) is 17.6. The molecule has 9 heteroatoms. The molecule has 1 unspecified atom stereocenters. The van der Waals surface area contributed by atoms with E-state index in [0.29, 0.717) is 38.3 Å². The van der Waals surface area contributed by atoms with Gasteiger partial charge in [-0.05, 0) is 51.7 Å². The average molecular weight is 516 g/mol. The molecule has 3 atom stereocenters. The van der Waals surface area contributed by atoms with Crippen molar-refractivity contribution in [3.63, 3.8) is 0 Å². The van der Waals surface area contributed by atoms with E-state index in [0.717, 1.165) is 49.0 Å².